The Hall–Kier alpha value is -3.67. The number of aryl methyl sites for hydroxylation is 1. The molecular formula is C29H32N4O2. The minimum absolute atomic E-state index is 0.370. The van der Waals surface area contributed by atoms with Gasteiger partial charge in [0.15, 0.2) is 0 Å². The summed E-state index contributed by atoms with van der Waals surface area (Å²) >= 11 is 0. The maximum absolute atomic E-state index is 12.5. The number of alkyl carbamates (subject to hydrolysis) is 1. The second kappa shape index (κ2) is 8.84. The molecular weight excluding hydrogens is 436 g/mol. The highest BCUT2D eigenvalue weighted by molar-refractivity contribution is 5.81. The summed E-state index contributed by atoms with van der Waals surface area (Å²) < 4.78 is 7.62. The molecule has 5 rings (SSSR count). The van der Waals surface area contributed by atoms with Gasteiger partial charge < -0.3 is 10.1 Å². The third kappa shape index (κ3) is 4.53. The topological polar surface area (TPSA) is 68.5 Å². The first-order chi connectivity index (χ1) is 16.8. The highest BCUT2D eigenvalue weighted by atomic mass is 16.6. The number of carbonyl (C=O) groups excluding carboxylic acids is 1. The standard InChI is InChI=1S/C29H32N4O2/c1-5-20-18-30-26-31-24(25(33(26)19-20)22-10-7-6-8-11-22)21-12-14-23(15-13-21)29(16-9-17-29)32-27(34)35-28(2,3)4/h6-8,10-15,18-19H,5,9,16-17H2,1-4H3,(H,32,34). The molecule has 6 nitrogen and oxygen atoms in total. The Morgan fingerprint density at radius 3 is 2.37 bits per heavy atom. The van der Waals surface area contributed by atoms with E-state index in [1.54, 1.807) is 0 Å². The van der Waals surface area contributed by atoms with Gasteiger partial charge in [0.05, 0.1) is 16.9 Å². The molecule has 1 amide bonds. The minimum atomic E-state index is -0.526. The summed E-state index contributed by atoms with van der Waals surface area (Å²) in [6, 6.07) is 18.7. The number of fused-ring (bicyclic) bond motifs is 1. The van der Waals surface area contributed by atoms with Crippen molar-refractivity contribution in [1.29, 1.82) is 0 Å². The predicted octanol–water partition coefficient (Wildman–Crippen LogP) is 6.53. The molecule has 0 bridgehead atoms. The van der Waals surface area contributed by atoms with Crippen molar-refractivity contribution in [3.8, 4) is 22.5 Å². The zero-order valence-electron chi connectivity index (χ0n) is 20.8. The van der Waals surface area contributed by atoms with Gasteiger partial charge in [-0.05, 0) is 57.6 Å². The Morgan fingerprint density at radius 1 is 1.06 bits per heavy atom. The average Bonchev–Trinajstić information content (AvgIpc) is 3.19. The molecule has 0 spiro atoms. The van der Waals surface area contributed by atoms with Crippen molar-refractivity contribution in [2.45, 2.75) is 64.5 Å². The molecule has 2 heterocycles. The van der Waals surface area contributed by atoms with Gasteiger partial charge in [0.25, 0.3) is 0 Å². The number of nitrogens with zero attached hydrogens (tertiary/aromatic N) is 3. The molecule has 0 saturated heterocycles. The van der Waals surface area contributed by atoms with Crippen molar-refractivity contribution in [2.24, 2.45) is 0 Å². The van der Waals surface area contributed by atoms with Crippen LogP contribution < -0.4 is 5.32 Å². The Labute approximate surface area is 206 Å². The second-order valence-electron chi connectivity index (χ2n) is 10.3. The first kappa shape index (κ1) is 23.1. The fourth-order valence-corrected chi connectivity index (χ4v) is 4.69. The third-order valence-corrected chi connectivity index (χ3v) is 6.65. The van der Waals surface area contributed by atoms with Crippen LogP contribution in [-0.4, -0.2) is 26.1 Å². The van der Waals surface area contributed by atoms with Crippen LogP contribution in [-0.2, 0) is 16.7 Å². The summed E-state index contributed by atoms with van der Waals surface area (Å²) in [5.41, 5.74) is 5.39. The Bertz CT molecular complexity index is 1350. The molecule has 2 aromatic carbocycles. The van der Waals surface area contributed by atoms with Crippen molar-refractivity contribution in [2.75, 3.05) is 0 Å². The van der Waals surface area contributed by atoms with Gasteiger partial charge in [-0.2, -0.15) is 0 Å². The van der Waals surface area contributed by atoms with E-state index >= 15 is 0 Å². The number of imidazole rings is 1. The van der Waals surface area contributed by atoms with Crippen molar-refractivity contribution in [3.05, 3.63) is 78.1 Å². The fourth-order valence-electron chi connectivity index (χ4n) is 4.69. The first-order valence-corrected chi connectivity index (χ1v) is 12.3. The molecule has 35 heavy (non-hydrogen) atoms. The van der Waals surface area contributed by atoms with Crippen LogP contribution in [0.1, 0.15) is 58.1 Å². The smallest absolute Gasteiger partial charge is 0.408 e. The van der Waals surface area contributed by atoms with E-state index in [-0.39, 0.29) is 11.6 Å². The summed E-state index contributed by atoms with van der Waals surface area (Å²) in [6.07, 6.45) is 7.44. The Kier molecular flexibility index (Phi) is 5.83. The summed E-state index contributed by atoms with van der Waals surface area (Å²) in [5, 5.41) is 3.14. The second-order valence-corrected chi connectivity index (χ2v) is 10.3. The molecule has 4 aromatic rings. The highest BCUT2D eigenvalue weighted by Gasteiger charge is 2.41. The summed E-state index contributed by atoms with van der Waals surface area (Å²) in [6.45, 7) is 7.77. The molecule has 0 radical (unpaired) electrons. The quantitative estimate of drug-likeness (QED) is 0.362. The molecule has 0 atom stereocenters. The zero-order chi connectivity index (χ0) is 24.6. The molecule has 0 unspecified atom stereocenters. The zero-order valence-corrected chi connectivity index (χ0v) is 20.8. The molecule has 180 valence electrons. The fraction of sp³-hybridized carbons (Fsp3) is 0.345. The number of rotatable bonds is 5. The van der Waals surface area contributed by atoms with E-state index in [2.05, 4.69) is 64.2 Å². The lowest BCUT2D eigenvalue weighted by molar-refractivity contribution is 0.0377. The van der Waals surface area contributed by atoms with Gasteiger partial charge in [-0.15, -0.1) is 0 Å². The lowest BCUT2D eigenvalue weighted by Gasteiger charge is -2.43. The molecule has 2 aromatic heterocycles. The van der Waals surface area contributed by atoms with Crippen LogP contribution >= 0.6 is 0 Å². The average molecular weight is 469 g/mol. The SMILES string of the molecule is CCc1cnc2nc(-c3ccc(C4(NC(=O)OC(C)(C)C)CCC4)cc3)c(-c3ccccc3)n2c1. The molecule has 6 heteroatoms. The maximum Gasteiger partial charge on any atom is 0.408 e. The van der Waals surface area contributed by atoms with Crippen LogP contribution in [0, 0.1) is 0 Å². The van der Waals surface area contributed by atoms with Crippen LogP contribution in [0.25, 0.3) is 28.3 Å². The lowest BCUT2D eigenvalue weighted by Crippen LogP contribution is -2.52. The molecule has 1 fully saturated rings. The van der Waals surface area contributed by atoms with Crippen molar-refractivity contribution < 1.29 is 9.53 Å². The third-order valence-electron chi connectivity index (χ3n) is 6.65. The van der Waals surface area contributed by atoms with E-state index < -0.39 is 5.60 Å². The van der Waals surface area contributed by atoms with Gasteiger partial charge >= 0.3 is 6.09 Å². The van der Waals surface area contributed by atoms with Crippen molar-refractivity contribution >= 4 is 11.9 Å². The van der Waals surface area contributed by atoms with Crippen LogP contribution in [0.3, 0.4) is 0 Å². The number of amides is 1. The molecule has 0 aliphatic heterocycles. The Morgan fingerprint density at radius 2 is 1.77 bits per heavy atom. The predicted molar refractivity (Wildman–Crippen MR) is 138 cm³/mol. The van der Waals surface area contributed by atoms with E-state index in [4.69, 9.17) is 9.72 Å². The number of aromatic nitrogens is 3. The number of benzene rings is 2. The largest absolute Gasteiger partial charge is 0.444 e. The molecule has 1 aliphatic rings. The van der Waals surface area contributed by atoms with Crippen LogP contribution in [0.4, 0.5) is 4.79 Å². The van der Waals surface area contributed by atoms with E-state index in [0.29, 0.717) is 5.78 Å². The number of carbonyl (C=O) groups is 1. The monoisotopic (exact) mass is 468 g/mol. The van der Waals surface area contributed by atoms with Gasteiger partial charge in [0.1, 0.15) is 5.60 Å². The Balaban J connectivity index is 1.52. The number of ether oxygens (including phenoxy) is 1. The normalized spacial score (nSPS) is 15.0. The number of nitrogens with one attached hydrogen (secondary N) is 1. The van der Waals surface area contributed by atoms with Gasteiger partial charge in [-0.25, -0.2) is 14.8 Å². The van der Waals surface area contributed by atoms with E-state index in [9.17, 15) is 4.79 Å². The van der Waals surface area contributed by atoms with E-state index in [1.165, 1.54) is 0 Å². The summed E-state index contributed by atoms with van der Waals surface area (Å²) in [4.78, 5) is 22.1. The highest BCUT2D eigenvalue weighted by Crippen LogP contribution is 2.42. The van der Waals surface area contributed by atoms with Crippen molar-refractivity contribution in [1.82, 2.24) is 19.7 Å². The molecule has 1 aliphatic carbocycles. The van der Waals surface area contributed by atoms with Gasteiger partial charge in [-0.1, -0.05) is 61.5 Å². The van der Waals surface area contributed by atoms with Crippen molar-refractivity contribution in [3.63, 3.8) is 0 Å². The van der Waals surface area contributed by atoms with Crippen LogP contribution in [0.15, 0.2) is 67.0 Å². The number of hydrogen-bond acceptors (Lipinski definition) is 4. The van der Waals surface area contributed by atoms with Crippen LogP contribution in [0.5, 0.6) is 0 Å². The van der Waals surface area contributed by atoms with E-state index in [1.807, 2.05) is 45.2 Å². The number of hydrogen-bond donors (Lipinski definition) is 1. The van der Waals surface area contributed by atoms with Gasteiger partial charge in [0, 0.05) is 23.5 Å². The van der Waals surface area contributed by atoms with Crippen LogP contribution in [0.2, 0.25) is 0 Å². The molecule has 1 N–H and O–H groups in total. The van der Waals surface area contributed by atoms with Gasteiger partial charge in [0.2, 0.25) is 5.78 Å². The van der Waals surface area contributed by atoms with E-state index in [0.717, 1.165) is 59.3 Å². The van der Waals surface area contributed by atoms with Gasteiger partial charge in [-0.3, -0.25) is 4.40 Å². The first-order valence-electron chi connectivity index (χ1n) is 12.3. The maximum atomic E-state index is 12.5. The summed E-state index contributed by atoms with van der Waals surface area (Å²) in [7, 11) is 0. The molecule has 1 saturated carbocycles. The summed E-state index contributed by atoms with van der Waals surface area (Å²) in [5.74, 6) is 0.683. The lowest BCUT2D eigenvalue weighted by atomic mass is 9.71. The minimum Gasteiger partial charge on any atom is -0.444 e.